The predicted molar refractivity (Wildman–Crippen MR) is 79.8 cm³/mol. The third-order valence-corrected chi connectivity index (χ3v) is 4.32. The molecule has 1 heterocycles. The molecule has 3 nitrogen and oxygen atoms in total. The minimum Gasteiger partial charge on any atom is -0.492 e. The summed E-state index contributed by atoms with van der Waals surface area (Å²) in [6, 6.07) is 8.21. The third kappa shape index (κ3) is 3.95. The van der Waals surface area contributed by atoms with E-state index in [2.05, 4.69) is 37.2 Å². The van der Waals surface area contributed by atoms with Crippen molar-refractivity contribution in [1.29, 1.82) is 0 Å². The van der Waals surface area contributed by atoms with Gasteiger partial charge in [0.15, 0.2) is 0 Å². The number of piperidine rings is 1. The minimum atomic E-state index is 0.327. The van der Waals surface area contributed by atoms with Gasteiger partial charge in [0.1, 0.15) is 12.4 Å². The van der Waals surface area contributed by atoms with Crippen molar-refractivity contribution >= 4 is 0 Å². The Morgan fingerprint density at radius 3 is 2.58 bits per heavy atom. The molecule has 0 spiro atoms. The first kappa shape index (κ1) is 14.4. The lowest BCUT2D eigenvalue weighted by Crippen LogP contribution is -2.50. The largest absolute Gasteiger partial charge is 0.492 e. The molecular weight excluding hydrogens is 236 g/mol. The van der Waals surface area contributed by atoms with Crippen LogP contribution < -0.4 is 10.1 Å². The van der Waals surface area contributed by atoms with Gasteiger partial charge in [0, 0.05) is 25.2 Å². The van der Waals surface area contributed by atoms with E-state index in [4.69, 9.17) is 4.74 Å². The highest BCUT2D eigenvalue weighted by Crippen LogP contribution is 2.21. The SMILES string of the molecule is CNC1(C)CCN(CCOc2ccccc2C)CC1. The summed E-state index contributed by atoms with van der Waals surface area (Å²) in [5.74, 6) is 1.01. The summed E-state index contributed by atoms with van der Waals surface area (Å²) >= 11 is 0. The van der Waals surface area contributed by atoms with E-state index in [1.165, 1.54) is 18.4 Å². The molecule has 2 rings (SSSR count). The van der Waals surface area contributed by atoms with Crippen molar-refractivity contribution in [2.24, 2.45) is 0 Å². The average Bonchev–Trinajstić information content (AvgIpc) is 2.43. The highest BCUT2D eigenvalue weighted by Gasteiger charge is 2.27. The summed E-state index contributed by atoms with van der Waals surface area (Å²) in [5, 5.41) is 3.43. The minimum absolute atomic E-state index is 0.327. The van der Waals surface area contributed by atoms with Crippen LogP contribution in [0.5, 0.6) is 5.75 Å². The van der Waals surface area contributed by atoms with E-state index in [1.807, 2.05) is 18.2 Å². The van der Waals surface area contributed by atoms with Crippen LogP contribution in [-0.2, 0) is 0 Å². The van der Waals surface area contributed by atoms with Crippen LogP contribution in [0, 0.1) is 6.92 Å². The van der Waals surface area contributed by atoms with Crippen molar-refractivity contribution in [1.82, 2.24) is 10.2 Å². The first-order valence-electron chi connectivity index (χ1n) is 7.23. The Bertz CT molecular complexity index is 397. The monoisotopic (exact) mass is 262 g/mol. The van der Waals surface area contributed by atoms with Gasteiger partial charge in [0.2, 0.25) is 0 Å². The van der Waals surface area contributed by atoms with Gasteiger partial charge >= 0.3 is 0 Å². The van der Waals surface area contributed by atoms with Crippen LogP contribution in [0.15, 0.2) is 24.3 Å². The number of nitrogens with one attached hydrogen (secondary N) is 1. The van der Waals surface area contributed by atoms with Gasteiger partial charge in [-0.25, -0.2) is 0 Å². The lowest BCUT2D eigenvalue weighted by atomic mass is 9.90. The fourth-order valence-electron chi connectivity index (χ4n) is 2.52. The van der Waals surface area contributed by atoms with Crippen LogP contribution in [0.1, 0.15) is 25.3 Å². The highest BCUT2D eigenvalue weighted by atomic mass is 16.5. The first-order chi connectivity index (χ1) is 9.13. The van der Waals surface area contributed by atoms with Crippen molar-refractivity contribution in [3.05, 3.63) is 29.8 Å². The van der Waals surface area contributed by atoms with Gasteiger partial charge in [-0.3, -0.25) is 4.90 Å². The summed E-state index contributed by atoms with van der Waals surface area (Å²) in [5.41, 5.74) is 1.54. The number of benzene rings is 1. The van der Waals surface area contributed by atoms with Crippen molar-refractivity contribution in [2.45, 2.75) is 32.2 Å². The van der Waals surface area contributed by atoms with E-state index in [0.717, 1.165) is 32.0 Å². The number of rotatable bonds is 5. The molecule has 0 bridgehead atoms. The van der Waals surface area contributed by atoms with E-state index in [9.17, 15) is 0 Å². The number of likely N-dealkylation sites (tertiary alicyclic amines) is 1. The Morgan fingerprint density at radius 1 is 1.26 bits per heavy atom. The van der Waals surface area contributed by atoms with E-state index in [1.54, 1.807) is 0 Å². The second-order valence-corrected chi connectivity index (χ2v) is 5.77. The first-order valence-corrected chi connectivity index (χ1v) is 7.23. The molecule has 1 aromatic rings. The molecule has 19 heavy (non-hydrogen) atoms. The summed E-state index contributed by atoms with van der Waals surface area (Å²) in [4.78, 5) is 2.50. The molecule has 1 aromatic carbocycles. The Hall–Kier alpha value is -1.06. The maximum atomic E-state index is 5.86. The standard InChI is InChI=1S/C16H26N2O/c1-14-6-4-5-7-15(14)19-13-12-18-10-8-16(2,17-3)9-11-18/h4-7,17H,8-13H2,1-3H3. The Morgan fingerprint density at radius 2 is 1.95 bits per heavy atom. The molecule has 1 fully saturated rings. The number of ether oxygens (including phenoxy) is 1. The molecule has 3 heteroatoms. The quantitative estimate of drug-likeness (QED) is 0.882. The van der Waals surface area contributed by atoms with Gasteiger partial charge in [0.25, 0.3) is 0 Å². The molecule has 1 aliphatic heterocycles. The van der Waals surface area contributed by atoms with E-state index >= 15 is 0 Å². The van der Waals surface area contributed by atoms with E-state index in [0.29, 0.717) is 5.54 Å². The molecule has 0 saturated carbocycles. The zero-order valence-electron chi connectivity index (χ0n) is 12.4. The van der Waals surface area contributed by atoms with Gasteiger partial charge in [-0.15, -0.1) is 0 Å². The molecule has 0 unspecified atom stereocenters. The number of para-hydroxylation sites is 1. The van der Waals surface area contributed by atoms with Gasteiger partial charge in [0.05, 0.1) is 0 Å². The molecule has 1 saturated heterocycles. The van der Waals surface area contributed by atoms with Gasteiger partial charge in [-0.2, -0.15) is 0 Å². The van der Waals surface area contributed by atoms with Gasteiger partial charge in [-0.1, -0.05) is 18.2 Å². The van der Waals surface area contributed by atoms with Gasteiger partial charge < -0.3 is 10.1 Å². The van der Waals surface area contributed by atoms with Crippen molar-refractivity contribution in [2.75, 3.05) is 33.3 Å². The Balaban J connectivity index is 1.72. The number of hydrogen-bond donors (Lipinski definition) is 1. The second-order valence-electron chi connectivity index (χ2n) is 5.77. The van der Waals surface area contributed by atoms with Crippen LogP contribution in [0.25, 0.3) is 0 Å². The second kappa shape index (κ2) is 6.40. The predicted octanol–water partition coefficient (Wildman–Crippen LogP) is 2.45. The summed E-state index contributed by atoms with van der Waals surface area (Å²) in [6.07, 6.45) is 2.43. The topological polar surface area (TPSA) is 24.5 Å². The molecule has 0 radical (unpaired) electrons. The lowest BCUT2D eigenvalue weighted by Gasteiger charge is -2.39. The molecule has 0 amide bonds. The molecule has 106 valence electrons. The zero-order valence-corrected chi connectivity index (χ0v) is 12.4. The van der Waals surface area contributed by atoms with Crippen LogP contribution in [-0.4, -0.2) is 43.7 Å². The fourth-order valence-corrected chi connectivity index (χ4v) is 2.52. The van der Waals surface area contributed by atoms with E-state index < -0.39 is 0 Å². The molecule has 0 aromatic heterocycles. The van der Waals surface area contributed by atoms with Crippen molar-refractivity contribution in [3.63, 3.8) is 0 Å². The normalized spacial score (nSPS) is 19.3. The smallest absolute Gasteiger partial charge is 0.122 e. The van der Waals surface area contributed by atoms with Crippen LogP contribution in [0.3, 0.4) is 0 Å². The van der Waals surface area contributed by atoms with Crippen LogP contribution >= 0.6 is 0 Å². The van der Waals surface area contributed by atoms with Crippen LogP contribution in [0.4, 0.5) is 0 Å². The maximum absolute atomic E-state index is 5.86. The van der Waals surface area contributed by atoms with Crippen molar-refractivity contribution in [3.8, 4) is 5.75 Å². The molecular formula is C16H26N2O. The fraction of sp³-hybridized carbons (Fsp3) is 0.625. The summed E-state index contributed by atoms with van der Waals surface area (Å²) in [7, 11) is 2.07. The van der Waals surface area contributed by atoms with Crippen molar-refractivity contribution < 1.29 is 4.74 Å². The molecule has 0 aliphatic carbocycles. The Kier molecular flexibility index (Phi) is 4.83. The average molecular weight is 262 g/mol. The number of hydrogen-bond acceptors (Lipinski definition) is 3. The van der Waals surface area contributed by atoms with E-state index in [-0.39, 0.29) is 0 Å². The van der Waals surface area contributed by atoms with Gasteiger partial charge in [-0.05, 0) is 45.4 Å². The summed E-state index contributed by atoms with van der Waals surface area (Å²) < 4.78 is 5.86. The molecule has 0 atom stereocenters. The lowest BCUT2D eigenvalue weighted by molar-refractivity contribution is 0.132. The van der Waals surface area contributed by atoms with Crippen LogP contribution in [0.2, 0.25) is 0 Å². The number of aryl methyl sites for hydroxylation is 1. The Labute approximate surface area is 116 Å². The highest BCUT2D eigenvalue weighted by molar-refractivity contribution is 5.31. The third-order valence-electron chi connectivity index (χ3n) is 4.32. The summed E-state index contributed by atoms with van der Waals surface area (Å²) in [6.45, 7) is 8.53. The maximum Gasteiger partial charge on any atom is 0.122 e. The zero-order chi connectivity index (χ0) is 13.7. The molecule has 1 N–H and O–H groups in total. The number of nitrogens with zero attached hydrogens (tertiary/aromatic N) is 1. The molecule has 1 aliphatic rings.